The molecule has 0 aromatic carbocycles. The first-order chi connectivity index (χ1) is 9.24. The van der Waals surface area contributed by atoms with Gasteiger partial charge in [0.25, 0.3) is 0 Å². The van der Waals surface area contributed by atoms with Gasteiger partial charge >= 0.3 is 0 Å². The summed E-state index contributed by atoms with van der Waals surface area (Å²) in [5, 5.41) is 8.63. The molecule has 0 spiro atoms. The maximum atomic E-state index is 4.38. The van der Waals surface area contributed by atoms with Crippen molar-refractivity contribution in [3.8, 4) is 0 Å². The second kappa shape index (κ2) is 5.13. The number of aromatic nitrogens is 3. The predicted molar refractivity (Wildman–Crippen MR) is 76.2 cm³/mol. The zero-order chi connectivity index (χ0) is 13.2. The largest absolute Gasteiger partial charge is 0.299 e. The lowest BCUT2D eigenvalue weighted by atomic mass is 9.96. The Morgan fingerprint density at radius 3 is 2.84 bits per heavy atom. The Balaban J connectivity index is 1.73. The van der Waals surface area contributed by atoms with Crippen molar-refractivity contribution in [3.05, 3.63) is 42.4 Å². The lowest BCUT2D eigenvalue weighted by molar-refractivity contribution is 0.224. The Morgan fingerprint density at radius 2 is 2.11 bits per heavy atom. The van der Waals surface area contributed by atoms with Crippen LogP contribution in [0.5, 0.6) is 0 Å². The molecule has 0 N–H and O–H groups in total. The summed E-state index contributed by atoms with van der Waals surface area (Å²) >= 11 is 0. The zero-order valence-corrected chi connectivity index (χ0v) is 11.4. The number of piperidine rings is 1. The van der Waals surface area contributed by atoms with Gasteiger partial charge in [0, 0.05) is 18.7 Å². The van der Waals surface area contributed by atoms with Crippen LogP contribution in [0.4, 0.5) is 0 Å². The monoisotopic (exact) mass is 256 g/mol. The molecule has 3 rings (SSSR count). The topological polar surface area (TPSA) is 33.4 Å². The molecule has 2 aromatic heterocycles. The molecule has 100 valence electrons. The van der Waals surface area contributed by atoms with E-state index in [2.05, 4.69) is 39.2 Å². The second-order valence-corrected chi connectivity index (χ2v) is 5.49. The summed E-state index contributed by atoms with van der Waals surface area (Å²) in [5.74, 6) is 1.64. The number of likely N-dealkylation sites (tertiary alicyclic amines) is 1. The van der Waals surface area contributed by atoms with Crippen molar-refractivity contribution in [2.75, 3.05) is 19.6 Å². The molecule has 4 nitrogen and oxygen atoms in total. The van der Waals surface area contributed by atoms with Gasteiger partial charge < -0.3 is 0 Å². The van der Waals surface area contributed by atoms with E-state index in [0.29, 0.717) is 5.92 Å². The van der Waals surface area contributed by atoms with E-state index in [0.717, 1.165) is 43.9 Å². The molecule has 0 radical (unpaired) electrons. The van der Waals surface area contributed by atoms with E-state index in [1.807, 2.05) is 18.2 Å². The van der Waals surface area contributed by atoms with E-state index in [-0.39, 0.29) is 0 Å². The average Bonchev–Trinajstić information content (AvgIpc) is 2.83. The van der Waals surface area contributed by atoms with E-state index < -0.39 is 0 Å². The van der Waals surface area contributed by atoms with Gasteiger partial charge in [0.05, 0.1) is 0 Å². The lowest BCUT2D eigenvalue weighted by Crippen LogP contribution is -2.34. The van der Waals surface area contributed by atoms with Gasteiger partial charge in [-0.05, 0) is 45.0 Å². The molecule has 1 saturated heterocycles. The molecule has 0 unspecified atom stereocenters. The van der Waals surface area contributed by atoms with E-state index in [1.54, 1.807) is 0 Å². The van der Waals surface area contributed by atoms with Gasteiger partial charge in [-0.2, -0.15) is 0 Å². The van der Waals surface area contributed by atoms with Crippen LogP contribution in [-0.4, -0.2) is 39.1 Å². The third kappa shape index (κ3) is 2.54. The minimum Gasteiger partial charge on any atom is -0.299 e. The first-order valence-corrected chi connectivity index (χ1v) is 6.90. The SMILES string of the molecule is C=C(C)CN1CCC(c2nnc3ccccn23)CC1. The predicted octanol–water partition coefficient (Wildman–Crippen LogP) is 2.48. The van der Waals surface area contributed by atoms with E-state index in [1.165, 1.54) is 5.57 Å². The number of hydrogen-bond donors (Lipinski definition) is 0. The quantitative estimate of drug-likeness (QED) is 0.791. The van der Waals surface area contributed by atoms with Crippen LogP contribution in [0, 0.1) is 0 Å². The summed E-state index contributed by atoms with van der Waals surface area (Å²) in [6.07, 6.45) is 4.37. The maximum Gasteiger partial charge on any atom is 0.160 e. The fraction of sp³-hybridized carbons (Fsp3) is 0.467. The van der Waals surface area contributed by atoms with Crippen molar-refractivity contribution in [3.63, 3.8) is 0 Å². The molecular formula is C15H20N4. The highest BCUT2D eigenvalue weighted by Gasteiger charge is 2.24. The van der Waals surface area contributed by atoms with Gasteiger partial charge in [-0.1, -0.05) is 18.2 Å². The molecule has 4 heteroatoms. The van der Waals surface area contributed by atoms with Crippen molar-refractivity contribution in [2.24, 2.45) is 0 Å². The van der Waals surface area contributed by atoms with Crippen LogP contribution in [0.3, 0.4) is 0 Å². The average molecular weight is 256 g/mol. The van der Waals surface area contributed by atoms with Gasteiger partial charge in [0.15, 0.2) is 5.65 Å². The van der Waals surface area contributed by atoms with Crippen LogP contribution in [0.2, 0.25) is 0 Å². The summed E-state index contributed by atoms with van der Waals surface area (Å²) in [6, 6.07) is 6.05. The fourth-order valence-corrected chi connectivity index (χ4v) is 2.87. The normalized spacial score (nSPS) is 17.9. The van der Waals surface area contributed by atoms with Crippen molar-refractivity contribution >= 4 is 5.65 Å². The molecule has 0 bridgehead atoms. The summed E-state index contributed by atoms with van der Waals surface area (Å²) in [5.41, 5.74) is 2.19. The maximum absolute atomic E-state index is 4.38. The summed E-state index contributed by atoms with van der Waals surface area (Å²) in [6.45, 7) is 9.36. The molecule has 2 aromatic rings. The number of pyridine rings is 1. The Hall–Kier alpha value is -1.68. The van der Waals surface area contributed by atoms with E-state index in [4.69, 9.17) is 0 Å². The molecule has 0 saturated carbocycles. The summed E-state index contributed by atoms with van der Waals surface area (Å²) in [7, 11) is 0. The molecule has 1 aliphatic heterocycles. The van der Waals surface area contributed by atoms with Crippen molar-refractivity contribution in [1.82, 2.24) is 19.5 Å². The second-order valence-electron chi connectivity index (χ2n) is 5.49. The van der Waals surface area contributed by atoms with Crippen LogP contribution < -0.4 is 0 Å². The molecular weight excluding hydrogens is 236 g/mol. The summed E-state index contributed by atoms with van der Waals surface area (Å²) < 4.78 is 2.12. The number of fused-ring (bicyclic) bond motifs is 1. The molecule has 0 atom stereocenters. The van der Waals surface area contributed by atoms with Crippen LogP contribution in [0.1, 0.15) is 31.5 Å². The number of rotatable bonds is 3. The molecule has 19 heavy (non-hydrogen) atoms. The highest BCUT2D eigenvalue weighted by atomic mass is 15.2. The highest BCUT2D eigenvalue weighted by molar-refractivity contribution is 5.37. The zero-order valence-electron chi connectivity index (χ0n) is 11.4. The third-order valence-corrected chi connectivity index (χ3v) is 3.79. The van der Waals surface area contributed by atoms with E-state index in [9.17, 15) is 0 Å². The molecule has 0 amide bonds. The first kappa shape index (κ1) is 12.4. The Kier molecular flexibility index (Phi) is 3.34. The van der Waals surface area contributed by atoms with Gasteiger partial charge in [0.1, 0.15) is 5.82 Å². The number of nitrogens with zero attached hydrogens (tertiary/aromatic N) is 4. The molecule has 0 aliphatic carbocycles. The first-order valence-electron chi connectivity index (χ1n) is 6.90. The number of hydrogen-bond acceptors (Lipinski definition) is 3. The summed E-state index contributed by atoms with van der Waals surface area (Å²) in [4.78, 5) is 2.47. The molecule has 1 fully saturated rings. The Labute approximate surface area is 113 Å². The smallest absolute Gasteiger partial charge is 0.160 e. The van der Waals surface area contributed by atoms with Crippen LogP contribution in [0.15, 0.2) is 36.5 Å². The van der Waals surface area contributed by atoms with Gasteiger partial charge in [0.2, 0.25) is 0 Å². The van der Waals surface area contributed by atoms with Crippen LogP contribution >= 0.6 is 0 Å². The van der Waals surface area contributed by atoms with Crippen molar-refractivity contribution in [2.45, 2.75) is 25.7 Å². The third-order valence-electron chi connectivity index (χ3n) is 3.79. The van der Waals surface area contributed by atoms with Crippen molar-refractivity contribution < 1.29 is 0 Å². The Bertz CT molecular complexity index is 579. The lowest BCUT2D eigenvalue weighted by Gasteiger charge is -2.31. The van der Waals surface area contributed by atoms with E-state index >= 15 is 0 Å². The van der Waals surface area contributed by atoms with Crippen LogP contribution in [0.25, 0.3) is 5.65 Å². The minimum absolute atomic E-state index is 0.527. The van der Waals surface area contributed by atoms with Gasteiger partial charge in [-0.15, -0.1) is 10.2 Å². The fourth-order valence-electron chi connectivity index (χ4n) is 2.87. The van der Waals surface area contributed by atoms with Crippen LogP contribution in [-0.2, 0) is 0 Å². The van der Waals surface area contributed by atoms with Gasteiger partial charge in [-0.25, -0.2) is 0 Å². The minimum atomic E-state index is 0.527. The molecule has 1 aliphatic rings. The standard InChI is InChI=1S/C15H20N4/c1-12(2)11-18-9-6-13(7-10-18)15-17-16-14-5-3-4-8-19(14)15/h3-5,8,13H,1,6-7,9-11H2,2H3. The highest BCUT2D eigenvalue weighted by Crippen LogP contribution is 2.27. The van der Waals surface area contributed by atoms with Crippen molar-refractivity contribution in [1.29, 1.82) is 0 Å². The Morgan fingerprint density at radius 1 is 1.32 bits per heavy atom. The van der Waals surface area contributed by atoms with Gasteiger partial charge in [-0.3, -0.25) is 9.30 Å². The molecule has 3 heterocycles.